The van der Waals surface area contributed by atoms with Crippen LogP contribution < -0.4 is 5.32 Å². The monoisotopic (exact) mass is 260 g/mol. The second-order valence-corrected chi connectivity index (χ2v) is 5.65. The Morgan fingerprint density at radius 1 is 1.28 bits per heavy atom. The molecule has 0 saturated heterocycles. The summed E-state index contributed by atoms with van der Waals surface area (Å²) in [6.07, 6.45) is 5.34. The lowest BCUT2D eigenvalue weighted by molar-refractivity contribution is 0.523. The second kappa shape index (κ2) is 6.66. The third-order valence-corrected chi connectivity index (χ3v) is 4.04. The van der Waals surface area contributed by atoms with Crippen LogP contribution in [0.4, 0.5) is 0 Å². The predicted molar refractivity (Wildman–Crippen MR) is 78.2 cm³/mol. The summed E-state index contributed by atoms with van der Waals surface area (Å²) in [5.74, 6) is 0. The molecular formula is C15H20N2S. The van der Waals surface area contributed by atoms with E-state index in [1.54, 1.807) is 11.3 Å². The molecule has 1 heterocycles. The fraction of sp³-hybridized carbons (Fsp3) is 0.400. The van der Waals surface area contributed by atoms with Gasteiger partial charge in [0, 0.05) is 17.1 Å². The molecule has 2 rings (SSSR count). The van der Waals surface area contributed by atoms with Crippen LogP contribution in [0.15, 0.2) is 36.0 Å². The average Bonchev–Trinajstić information content (AvgIpc) is 2.89. The van der Waals surface area contributed by atoms with Crippen LogP contribution in [0.25, 0.3) is 0 Å². The normalized spacial score (nSPS) is 12.6. The van der Waals surface area contributed by atoms with E-state index in [9.17, 15) is 0 Å². The molecule has 0 radical (unpaired) electrons. The molecule has 2 nitrogen and oxygen atoms in total. The quantitative estimate of drug-likeness (QED) is 0.862. The molecule has 1 aromatic carbocycles. The second-order valence-electron chi connectivity index (χ2n) is 4.68. The van der Waals surface area contributed by atoms with E-state index >= 15 is 0 Å². The molecule has 0 aliphatic rings. The van der Waals surface area contributed by atoms with Crippen molar-refractivity contribution < 1.29 is 0 Å². The highest BCUT2D eigenvalue weighted by atomic mass is 32.1. The van der Waals surface area contributed by atoms with Crippen LogP contribution in [0.1, 0.15) is 22.4 Å². The zero-order chi connectivity index (χ0) is 12.8. The number of nitrogens with zero attached hydrogens (tertiary/aromatic N) is 1. The number of aryl methyl sites for hydroxylation is 2. The molecule has 1 atom stereocenters. The smallest absolute Gasteiger partial charge is 0.0794 e. The maximum atomic E-state index is 4.13. The maximum absolute atomic E-state index is 4.13. The van der Waals surface area contributed by atoms with E-state index in [2.05, 4.69) is 41.5 Å². The summed E-state index contributed by atoms with van der Waals surface area (Å²) in [6, 6.07) is 9.37. The number of aromatic nitrogens is 1. The van der Waals surface area contributed by atoms with Gasteiger partial charge in [-0.3, -0.25) is 4.98 Å². The minimum Gasteiger partial charge on any atom is -0.317 e. The summed E-state index contributed by atoms with van der Waals surface area (Å²) >= 11 is 1.74. The van der Waals surface area contributed by atoms with Gasteiger partial charge in [0.05, 0.1) is 5.51 Å². The van der Waals surface area contributed by atoms with Gasteiger partial charge in [-0.25, -0.2) is 0 Å². The Hall–Kier alpha value is -1.19. The lowest BCUT2D eigenvalue weighted by Crippen LogP contribution is -2.27. The average molecular weight is 260 g/mol. The minimum atomic E-state index is 0.534. The van der Waals surface area contributed by atoms with Gasteiger partial charge in [0.1, 0.15) is 0 Å². The van der Waals surface area contributed by atoms with Crippen LogP contribution in [0.3, 0.4) is 0 Å². The van der Waals surface area contributed by atoms with Gasteiger partial charge in [-0.15, -0.1) is 11.3 Å². The van der Waals surface area contributed by atoms with Crippen molar-refractivity contribution in [3.8, 4) is 0 Å². The van der Waals surface area contributed by atoms with Crippen molar-refractivity contribution in [3.05, 3.63) is 52.0 Å². The van der Waals surface area contributed by atoms with Gasteiger partial charge in [0.25, 0.3) is 0 Å². The van der Waals surface area contributed by atoms with Gasteiger partial charge in [-0.2, -0.15) is 0 Å². The summed E-state index contributed by atoms with van der Waals surface area (Å²) in [6.45, 7) is 2.13. The van der Waals surface area contributed by atoms with Gasteiger partial charge < -0.3 is 5.32 Å². The number of hydrogen-bond donors (Lipinski definition) is 1. The number of thiazole rings is 1. The fourth-order valence-electron chi connectivity index (χ4n) is 2.03. The molecule has 96 valence electrons. The van der Waals surface area contributed by atoms with Gasteiger partial charge in [0.2, 0.25) is 0 Å². The highest BCUT2D eigenvalue weighted by Gasteiger charge is 2.08. The van der Waals surface area contributed by atoms with E-state index in [0.29, 0.717) is 6.04 Å². The highest BCUT2D eigenvalue weighted by molar-refractivity contribution is 7.09. The number of likely N-dealkylation sites (N-methyl/N-ethyl adjacent to an activating group) is 1. The molecule has 0 aliphatic carbocycles. The van der Waals surface area contributed by atoms with E-state index in [1.807, 2.05) is 18.8 Å². The van der Waals surface area contributed by atoms with Crippen molar-refractivity contribution in [1.82, 2.24) is 10.3 Å². The zero-order valence-electron chi connectivity index (χ0n) is 11.0. The first-order chi connectivity index (χ1) is 8.78. The predicted octanol–water partition coefficient (Wildman–Crippen LogP) is 3.21. The lowest BCUT2D eigenvalue weighted by Gasteiger charge is -2.15. The Balaban J connectivity index is 1.85. The fourth-order valence-corrected chi connectivity index (χ4v) is 2.71. The van der Waals surface area contributed by atoms with Crippen molar-refractivity contribution in [3.63, 3.8) is 0 Å². The first-order valence-corrected chi connectivity index (χ1v) is 7.26. The van der Waals surface area contributed by atoms with Crippen LogP contribution in [-0.4, -0.2) is 18.1 Å². The van der Waals surface area contributed by atoms with Crippen LogP contribution in [0.5, 0.6) is 0 Å². The molecule has 0 bridgehead atoms. The van der Waals surface area contributed by atoms with E-state index in [1.165, 1.54) is 16.0 Å². The zero-order valence-corrected chi connectivity index (χ0v) is 11.8. The van der Waals surface area contributed by atoms with Crippen molar-refractivity contribution in [2.24, 2.45) is 0 Å². The lowest BCUT2D eigenvalue weighted by atomic mass is 10.0. The summed E-state index contributed by atoms with van der Waals surface area (Å²) in [5.41, 5.74) is 4.65. The number of benzene rings is 1. The Kier molecular flexibility index (Phi) is 4.90. The van der Waals surface area contributed by atoms with Crippen molar-refractivity contribution in [2.75, 3.05) is 7.05 Å². The summed E-state index contributed by atoms with van der Waals surface area (Å²) in [5, 5.41) is 3.40. The molecule has 0 aliphatic heterocycles. The molecule has 3 heteroatoms. The van der Waals surface area contributed by atoms with Crippen LogP contribution in [-0.2, 0) is 12.8 Å². The molecular weight excluding hydrogens is 240 g/mol. The molecule has 1 aromatic heterocycles. The van der Waals surface area contributed by atoms with Gasteiger partial charge in [0.15, 0.2) is 0 Å². The minimum absolute atomic E-state index is 0.534. The summed E-state index contributed by atoms with van der Waals surface area (Å²) in [4.78, 5) is 5.49. The Morgan fingerprint density at radius 2 is 2.06 bits per heavy atom. The van der Waals surface area contributed by atoms with E-state index in [0.717, 1.165) is 19.3 Å². The molecule has 1 unspecified atom stereocenters. The molecule has 18 heavy (non-hydrogen) atoms. The first kappa shape index (κ1) is 13.2. The third-order valence-electron chi connectivity index (χ3n) is 3.24. The van der Waals surface area contributed by atoms with Gasteiger partial charge in [-0.05, 0) is 38.8 Å². The Labute approximate surface area is 113 Å². The van der Waals surface area contributed by atoms with Crippen LogP contribution >= 0.6 is 11.3 Å². The van der Waals surface area contributed by atoms with Crippen LogP contribution in [0.2, 0.25) is 0 Å². The van der Waals surface area contributed by atoms with Gasteiger partial charge >= 0.3 is 0 Å². The number of rotatable bonds is 6. The van der Waals surface area contributed by atoms with E-state index in [4.69, 9.17) is 0 Å². The topological polar surface area (TPSA) is 24.9 Å². The first-order valence-electron chi connectivity index (χ1n) is 6.38. The maximum Gasteiger partial charge on any atom is 0.0794 e. The van der Waals surface area contributed by atoms with Crippen LogP contribution in [0, 0.1) is 6.92 Å². The molecule has 0 fully saturated rings. The molecule has 0 spiro atoms. The van der Waals surface area contributed by atoms with Crippen molar-refractivity contribution in [2.45, 2.75) is 32.2 Å². The molecule has 0 amide bonds. The van der Waals surface area contributed by atoms with E-state index in [-0.39, 0.29) is 0 Å². The standard InChI is InChI=1S/C15H20N2S/c1-12-3-5-13(6-4-12)7-8-14(16-2)9-15-10-17-11-18-15/h3-6,10-11,14,16H,7-9H2,1-2H3. The highest BCUT2D eigenvalue weighted by Crippen LogP contribution is 2.13. The van der Waals surface area contributed by atoms with Crippen molar-refractivity contribution in [1.29, 1.82) is 0 Å². The molecule has 1 N–H and O–H groups in total. The summed E-state index contributed by atoms with van der Waals surface area (Å²) < 4.78 is 0. The van der Waals surface area contributed by atoms with Crippen molar-refractivity contribution >= 4 is 11.3 Å². The third kappa shape index (κ3) is 3.93. The largest absolute Gasteiger partial charge is 0.317 e. The SMILES string of the molecule is CNC(CCc1ccc(C)cc1)Cc1cncs1. The summed E-state index contributed by atoms with van der Waals surface area (Å²) in [7, 11) is 2.04. The number of nitrogens with one attached hydrogen (secondary N) is 1. The molecule has 2 aromatic rings. The van der Waals surface area contributed by atoms with E-state index < -0.39 is 0 Å². The Bertz CT molecular complexity index is 448. The molecule has 0 saturated carbocycles. The number of hydrogen-bond acceptors (Lipinski definition) is 3. The van der Waals surface area contributed by atoms with Gasteiger partial charge in [-0.1, -0.05) is 29.8 Å². The Morgan fingerprint density at radius 3 is 2.67 bits per heavy atom.